The Morgan fingerprint density at radius 2 is 2.33 bits per heavy atom. The molecule has 88 valence electrons. The molecule has 1 rings (SSSR count). The zero-order chi connectivity index (χ0) is 11.1. The summed E-state index contributed by atoms with van der Waals surface area (Å²) >= 11 is 0. The SMILES string of the molecule is C=CN(CC)N(CCC)[C@@H]1COCCN1. The lowest BCUT2D eigenvalue weighted by molar-refractivity contribution is -0.0813. The van der Waals surface area contributed by atoms with E-state index in [2.05, 4.69) is 35.8 Å². The van der Waals surface area contributed by atoms with E-state index in [0.29, 0.717) is 0 Å². The third-order valence-corrected chi connectivity index (χ3v) is 2.58. The van der Waals surface area contributed by atoms with E-state index in [1.54, 1.807) is 0 Å². The van der Waals surface area contributed by atoms with E-state index < -0.39 is 0 Å². The first-order valence-corrected chi connectivity index (χ1v) is 5.80. The van der Waals surface area contributed by atoms with E-state index in [9.17, 15) is 0 Å². The maximum Gasteiger partial charge on any atom is 0.102 e. The highest BCUT2D eigenvalue weighted by Crippen LogP contribution is 2.07. The van der Waals surface area contributed by atoms with Crippen LogP contribution >= 0.6 is 0 Å². The highest BCUT2D eigenvalue weighted by Gasteiger charge is 2.23. The lowest BCUT2D eigenvalue weighted by atomic mass is 10.3. The van der Waals surface area contributed by atoms with Crippen molar-refractivity contribution < 1.29 is 4.74 Å². The number of hydrogen-bond donors (Lipinski definition) is 1. The van der Waals surface area contributed by atoms with Crippen LogP contribution in [0.4, 0.5) is 0 Å². The summed E-state index contributed by atoms with van der Waals surface area (Å²) in [6.45, 7) is 12.6. The summed E-state index contributed by atoms with van der Waals surface area (Å²) in [5, 5.41) is 7.91. The van der Waals surface area contributed by atoms with Gasteiger partial charge >= 0.3 is 0 Å². The van der Waals surface area contributed by atoms with E-state index in [1.165, 1.54) is 0 Å². The van der Waals surface area contributed by atoms with Crippen molar-refractivity contribution in [2.24, 2.45) is 0 Å². The number of rotatable bonds is 6. The maximum absolute atomic E-state index is 5.48. The van der Waals surface area contributed by atoms with Crippen molar-refractivity contribution in [2.45, 2.75) is 26.4 Å². The van der Waals surface area contributed by atoms with Gasteiger partial charge in [-0.2, -0.15) is 0 Å². The molecule has 0 aromatic heterocycles. The number of hydrazine groups is 1. The van der Waals surface area contributed by atoms with Gasteiger partial charge in [-0.25, -0.2) is 5.01 Å². The van der Waals surface area contributed by atoms with Gasteiger partial charge in [-0.3, -0.25) is 5.32 Å². The summed E-state index contributed by atoms with van der Waals surface area (Å²) in [6, 6.07) is 0. The summed E-state index contributed by atoms with van der Waals surface area (Å²) in [6.07, 6.45) is 3.30. The predicted molar refractivity (Wildman–Crippen MR) is 62.2 cm³/mol. The quantitative estimate of drug-likeness (QED) is 0.667. The molecule has 0 radical (unpaired) electrons. The van der Waals surface area contributed by atoms with Crippen molar-refractivity contribution in [1.82, 2.24) is 15.3 Å². The number of nitrogens with one attached hydrogen (secondary N) is 1. The molecule has 0 bridgehead atoms. The molecule has 0 aromatic carbocycles. The lowest BCUT2D eigenvalue weighted by Crippen LogP contribution is -2.57. The van der Waals surface area contributed by atoms with E-state index >= 15 is 0 Å². The molecule has 0 spiro atoms. The molecule has 0 amide bonds. The van der Waals surface area contributed by atoms with Crippen LogP contribution in [0.1, 0.15) is 20.3 Å². The first-order chi connectivity index (χ1) is 7.33. The topological polar surface area (TPSA) is 27.7 Å². The first-order valence-electron chi connectivity index (χ1n) is 5.80. The van der Waals surface area contributed by atoms with Crippen LogP contribution in [0.3, 0.4) is 0 Å². The van der Waals surface area contributed by atoms with E-state index in [1.807, 2.05) is 6.20 Å². The van der Waals surface area contributed by atoms with Crippen molar-refractivity contribution in [3.05, 3.63) is 12.8 Å². The minimum atomic E-state index is 0.289. The van der Waals surface area contributed by atoms with Gasteiger partial charge in [0.1, 0.15) is 6.17 Å². The average Bonchev–Trinajstić information content (AvgIpc) is 2.30. The fourth-order valence-corrected chi connectivity index (χ4v) is 1.85. The molecular formula is C11H23N3O. The van der Waals surface area contributed by atoms with Crippen molar-refractivity contribution in [1.29, 1.82) is 0 Å². The van der Waals surface area contributed by atoms with Crippen LogP contribution in [0.15, 0.2) is 12.8 Å². The summed E-state index contributed by atoms with van der Waals surface area (Å²) in [4.78, 5) is 0. The highest BCUT2D eigenvalue weighted by molar-refractivity contribution is 4.75. The van der Waals surface area contributed by atoms with Crippen molar-refractivity contribution in [3.8, 4) is 0 Å². The monoisotopic (exact) mass is 213 g/mol. The lowest BCUT2D eigenvalue weighted by Gasteiger charge is -2.41. The molecule has 1 fully saturated rings. The van der Waals surface area contributed by atoms with Crippen LogP contribution in [-0.4, -0.2) is 49.0 Å². The smallest absolute Gasteiger partial charge is 0.102 e. The minimum absolute atomic E-state index is 0.289. The molecule has 4 nitrogen and oxygen atoms in total. The van der Waals surface area contributed by atoms with Crippen molar-refractivity contribution in [3.63, 3.8) is 0 Å². The molecule has 0 aliphatic carbocycles. The molecule has 1 aliphatic heterocycles. The minimum Gasteiger partial charge on any atom is -0.377 e. The van der Waals surface area contributed by atoms with Gasteiger partial charge in [-0.05, 0) is 13.3 Å². The Balaban J connectivity index is 2.57. The fraction of sp³-hybridized carbons (Fsp3) is 0.818. The van der Waals surface area contributed by atoms with Crippen LogP contribution < -0.4 is 5.32 Å². The molecule has 1 aliphatic rings. The van der Waals surface area contributed by atoms with Crippen molar-refractivity contribution in [2.75, 3.05) is 32.8 Å². The summed E-state index contributed by atoms with van der Waals surface area (Å²) in [5.74, 6) is 0. The van der Waals surface area contributed by atoms with E-state index in [4.69, 9.17) is 4.74 Å². The highest BCUT2D eigenvalue weighted by atomic mass is 16.5. The Bertz CT molecular complexity index is 181. The zero-order valence-corrected chi connectivity index (χ0v) is 9.91. The second-order valence-corrected chi connectivity index (χ2v) is 3.65. The number of hydrogen-bond acceptors (Lipinski definition) is 4. The first kappa shape index (κ1) is 12.5. The summed E-state index contributed by atoms with van der Waals surface area (Å²) in [7, 11) is 0. The fourth-order valence-electron chi connectivity index (χ4n) is 1.85. The molecule has 1 atom stereocenters. The maximum atomic E-state index is 5.48. The Labute approximate surface area is 92.8 Å². The van der Waals surface area contributed by atoms with Crippen LogP contribution in [0, 0.1) is 0 Å². The Morgan fingerprint density at radius 3 is 2.80 bits per heavy atom. The molecule has 15 heavy (non-hydrogen) atoms. The molecule has 4 heteroatoms. The second kappa shape index (κ2) is 6.82. The Hall–Kier alpha value is -0.580. The number of nitrogens with zero attached hydrogens (tertiary/aromatic N) is 2. The summed E-state index contributed by atoms with van der Waals surface area (Å²) < 4.78 is 5.48. The van der Waals surface area contributed by atoms with Gasteiger partial charge in [0.25, 0.3) is 0 Å². The van der Waals surface area contributed by atoms with Crippen LogP contribution in [0.5, 0.6) is 0 Å². The summed E-state index contributed by atoms with van der Waals surface area (Å²) in [5.41, 5.74) is 0. The Morgan fingerprint density at radius 1 is 1.53 bits per heavy atom. The normalized spacial score (nSPS) is 21.7. The molecular weight excluding hydrogens is 190 g/mol. The van der Waals surface area contributed by atoms with Crippen LogP contribution in [-0.2, 0) is 4.74 Å². The third-order valence-electron chi connectivity index (χ3n) is 2.58. The molecule has 0 saturated carbocycles. The van der Waals surface area contributed by atoms with Crippen molar-refractivity contribution >= 4 is 0 Å². The number of morpholine rings is 1. The predicted octanol–water partition coefficient (Wildman–Crippen LogP) is 1.02. The second-order valence-electron chi connectivity index (χ2n) is 3.65. The molecule has 0 unspecified atom stereocenters. The van der Waals surface area contributed by atoms with E-state index in [-0.39, 0.29) is 6.17 Å². The largest absolute Gasteiger partial charge is 0.377 e. The zero-order valence-electron chi connectivity index (χ0n) is 9.91. The molecule has 1 saturated heterocycles. The van der Waals surface area contributed by atoms with Gasteiger partial charge in [0, 0.05) is 25.8 Å². The van der Waals surface area contributed by atoms with E-state index in [0.717, 1.165) is 39.3 Å². The third kappa shape index (κ3) is 3.48. The molecule has 0 aromatic rings. The van der Waals surface area contributed by atoms with Gasteiger partial charge in [-0.15, -0.1) is 0 Å². The molecule has 1 N–H and O–H groups in total. The molecule has 1 heterocycles. The van der Waals surface area contributed by atoms with Gasteiger partial charge in [0.2, 0.25) is 0 Å². The standard InChI is InChI=1S/C11H23N3O/c1-4-8-14(13(5-2)6-3)11-10-15-9-7-12-11/h5,11-12H,2,4,6-10H2,1,3H3/t11-/m1/s1. The number of ether oxygens (including phenoxy) is 1. The van der Waals surface area contributed by atoms with Gasteiger partial charge in [0.05, 0.1) is 13.2 Å². The van der Waals surface area contributed by atoms with Crippen LogP contribution in [0.25, 0.3) is 0 Å². The Kier molecular flexibility index (Phi) is 5.68. The van der Waals surface area contributed by atoms with Crippen LogP contribution in [0.2, 0.25) is 0 Å². The average molecular weight is 213 g/mol. The van der Waals surface area contributed by atoms with Gasteiger partial charge in [-0.1, -0.05) is 13.5 Å². The van der Waals surface area contributed by atoms with Gasteiger partial charge in [0.15, 0.2) is 0 Å². The van der Waals surface area contributed by atoms with Gasteiger partial charge < -0.3 is 9.75 Å².